The van der Waals surface area contributed by atoms with E-state index in [2.05, 4.69) is 70.5 Å². The molecule has 0 unspecified atom stereocenters. The number of carboxylic acid groups (broad SMARTS) is 1. The smallest absolute Gasteiger partial charge is 0.323 e. The van der Waals surface area contributed by atoms with Crippen LogP contribution in [0.3, 0.4) is 0 Å². The van der Waals surface area contributed by atoms with Crippen molar-refractivity contribution in [3.8, 4) is 0 Å². The Morgan fingerprint density at radius 1 is 0.617 bits per heavy atom. The maximum atomic E-state index is 12.7. The van der Waals surface area contributed by atoms with Crippen LogP contribution in [0.2, 0.25) is 0 Å². The Balaban J connectivity index is 1.10. The molecule has 7 rings (SSSR count). The number of allylic oxidation sites excluding steroid dienone is 4. The first-order valence-electron chi connectivity index (χ1n) is 18.6. The third-order valence-electron chi connectivity index (χ3n) is 8.94. The normalized spacial score (nSPS) is 15.7. The molecule has 0 bridgehead atoms. The summed E-state index contributed by atoms with van der Waals surface area (Å²) >= 11 is 12.7. The molecule has 5 aromatic carbocycles. The summed E-state index contributed by atoms with van der Waals surface area (Å²) in [7, 11) is 0. The molecule has 2 heterocycles. The lowest BCUT2D eigenvalue weighted by Gasteiger charge is -2.28. The molecular formula is C46H36N4O6S4. The van der Waals surface area contributed by atoms with Crippen molar-refractivity contribution in [2.24, 2.45) is 0 Å². The van der Waals surface area contributed by atoms with Gasteiger partial charge in [-0.3, -0.25) is 19.3 Å². The van der Waals surface area contributed by atoms with E-state index in [-0.39, 0.29) is 21.2 Å². The van der Waals surface area contributed by atoms with Crippen molar-refractivity contribution < 1.29 is 29.4 Å². The summed E-state index contributed by atoms with van der Waals surface area (Å²) in [6.07, 6.45) is 10.7. The van der Waals surface area contributed by atoms with Gasteiger partial charge in [-0.1, -0.05) is 121 Å². The Labute approximate surface area is 366 Å². The van der Waals surface area contributed by atoms with E-state index < -0.39 is 18.4 Å². The largest absolute Gasteiger partial charge is 0.480 e. The molecule has 1 N–H and O–H groups in total. The topological polar surface area (TPSA) is 103 Å². The molecular weight excluding hydrogens is 833 g/mol. The summed E-state index contributed by atoms with van der Waals surface area (Å²) in [6, 6.07) is 45.0. The average Bonchev–Trinajstić information content (AvgIpc) is 3.69. The average molecular weight is 869 g/mol. The molecule has 300 valence electrons. The Morgan fingerprint density at radius 2 is 1.02 bits per heavy atom. The molecule has 2 saturated heterocycles. The minimum absolute atomic E-state index is 0.231. The number of thiocarbonyl (C=S) groups is 2. The summed E-state index contributed by atoms with van der Waals surface area (Å²) in [5.41, 5.74) is 7.72. The van der Waals surface area contributed by atoms with Crippen molar-refractivity contribution in [1.29, 1.82) is 0 Å². The quantitative estimate of drug-likeness (QED) is 0.0469. The van der Waals surface area contributed by atoms with Gasteiger partial charge in [0.25, 0.3) is 11.8 Å². The molecule has 2 aliphatic heterocycles. The summed E-state index contributed by atoms with van der Waals surface area (Å²) in [6.45, 7) is 1.58. The van der Waals surface area contributed by atoms with Gasteiger partial charge in [-0.15, -0.1) is 10.1 Å². The summed E-state index contributed by atoms with van der Waals surface area (Å²) < 4.78 is 0.503. The molecule has 14 heteroatoms. The predicted molar refractivity (Wildman–Crippen MR) is 249 cm³/mol. The van der Waals surface area contributed by atoms with Crippen molar-refractivity contribution in [3.63, 3.8) is 0 Å². The molecule has 0 atom stereocenters. The number of carbonyl (C=O) groups excluding carboxylic acids is 2. The third-order valence-corrected chi connectivity index (χ3v) is 11.6. The van der Waals surface area contributed by atoms with Crippen molar-refractivity contribution in [3.05, 3.63) is 179 Å². The number of aliphatic carboxylic acids is 1. The molecule has 60 heavy (non-hydrogen) atoms. The van der Waals surface area contributed by atoms with E-state index in [9.17, 15) is 14.4 Å². The molecule has 0 aliphatic carbocycles. The number of rotatable bonds is 15. The number of thioether (sulfide) groups is 2. The lowest BCUT2D eigenvalue weighted by Crippen LogP contribution is -2.33. The van der Waals surface area contributed by atoms with Gasteiger partial charge in [0.15, 0.2) is 4.32 Å². The van der Waals surface area contributed by atoms with Gasteiger partial charge in [-0.2, -0.15) is 0 Å². The van der Waals surface area contributed by atoms with E-state index in [1.165, 1.54) is 0 Å². The molecule has 0 aromatic heterocycles. The minimum Gasteiger partial charge on any atom is -0.480 e. The maximum Gasteiger partial charge on any atom is 0.323 e. The number of carbonyl (C=O) groups is 3. The van der Waals surface area contributed by atoms with Crippen molar-refractivity contribution >= 4 is 121 Å². The fourth-order valence-corrected chi connectivity index (χ4v) is 8.47. The van der Waals surface area contributed by atoms with Gasteiger partial charge in [0.2, 0.25) is 0 Å². The number of hydroxylamine groups is 2. The molecule has 2 amide bonds. The molecule has 0 radical (unpaired) electrons. The molecule has 10 nitrogen and oxygen atoms in total. The Bertz CT molecular complexity index is 2510. The van der Waals surface area contributed by atoms with E-state index in [0.29, 0.717) is 9.81 Å². The first-order chi connectivity index (χ1) is 29.2. The number of nitrogens with zero attached hydrogens (tertiary/aromatic N) is 4. The zero-order valence-electron chi connectivity index (χ0n) is 32.0. The lowest BCUT2D eigenvalue weighted by atomic mass is 10.1. The fourth-order valence-electron chi connectivity index (χ4n) is 6.18. The second-order valence-electron chi connectivity index (χ2n) is 12.9. The number of hydrogen-bond acceptors (Lipinski definition) is 11. The van der Waals surface area contributed by atoms with Gasteiger partial charge in [-0.25, -0.2) is 4.89 Å². The molecule has 0 saturated carbocycles. The summed E-state index contributed by atoms with van der Waals surface area (Å²) in [5.74, 6) is -1.90. The van der Waals surface area contributed by atoms with Crippen molar-refractivity contribution in [2.45, 2.75) is 6.92 Å². The van der Waals surface area contributed by atoms with Crippen LogP contribution < -0.4 is 9.80 Å². The molecule has 5 aromatic rings. The van der Waals surface area contributed by atoms with Crippen molar-refractivity contribution in [1.82, 2.24) is 9.96 Å². The van der Waals surface area contributed by atoms with Gasteiger partial charge < -0.3 is 14.9 Å². The monoisotopic (exact) mass is 868 g/mol. The lowest BCUT2D eigenvalue weighted by molar-refractivity contribution is -0.381. The SMILES string of the molecule is CCOON1C(=O)/C(=C/C=C/c2ccc(N(c3ccccc3)c3ccc(N(c4ccccc4)c4ccc(/C=C/C=C5\SC(=S)N(CC(=O)O)C5=O)cc4)cc3)cc2)SC1=S. The zero-order chi connectivity index (χ0) is 42.0. The van der Waals surface area contributed by atoms with E-state index in [4.69, 9.17) is 39.4 Å². The molecule has 0 spiro atoms. The van der Waals surface area contributed by atoms with E-state index in [1.807, 2.05) is 91.0 Å². The van der Waals surface area contributed by atoms with Crippen molar-refractivity contribution in [2.75, 3.05) is 23.0 Å². The molecule has 2 aliphatic rings. The second kappa shape index (κ2) is 19.7. The van der Waals surface area contributed by atoms with Gasteiger partial charge in [0.05, 0.1) is 16.4 Å². The number of hydrogen-bond donors (Lipinski definition) is 1. The van der Waals surface area contributed by atoms with Crippen LogP contribution in [0.15, 0.2) is 168 Å². The first-order valence-corrected chi connectivity index (χ1v) is 21.0. The summed E-state index contributed by atoms with van der Waals surface area (Å²) in [5, 5.41) is 10.1. The van der Waals surface area contributed by atoms with E-state index in [0.717, 1.165) is 78.7 Å². The highest BCUT2D eigenvalue weighted by atomic mass is 32.2. The van der Waals surface area contributed by atoms with Gasteiger partial charge in [0.1, 0.15) is 10.9 Å². The van der Waals surface area contributed by atoms with Gasteiger partial charge in [-0.05, 0) is 115 Å². The van der Waals surface area contributed by atoms with Crippen LogP contribution in [0.4, 0.5) is 34.1 Å². The van der Waals surface area contributed by atoms with Crippen LogP contribution in [0, 0.1) is 0 Å². The highest BCUT2D eigenvalue weighted by molar-refractivity contribution is 8.27. The Morgan fingerprint density at radius 3 is 1.45 bits per heavy atom. The minimum atomic E-state index is -1.12. The van der Waals surface area contributed by atoms with Gasteiger partial charge >= 0.3 is 5.97 Å². The summed E-state index contributed by atoms with van der Waals surface area (Å²) in [4.78, 5) is 52.6. The number of benzene rings is 5. The van der Waals surface area contributed by atoms with Crippen LogP contribution in [0.5, 0.6) is 0 Å². The maximum absolute atomic E-state index is 12.7. The molecule has 2 fully saturated rings. The number of carboxylic acids is 1. The van der Waals surface area contributed by atoms with Crippen LogP contribution in [-0.2, 0) is 24.3 Å². The number of amides is 2. The fraction of sp³-hybridized carbons (Fsp3) is 0.0652. The van der Waals surface area contributed by atoms with E-state index in [1.54, 1.807) is 25.2 Å². The highest BCUT2D eigenvalue weighted by Gasteiger charge is 2.34. The number of anilines is 6. The Kier molecular flexibility index (Phi) is 13.8. The zero-order valence-corrected chi connectivity index (χ0v) is 35.3. The third kappa shape index (κ3) is 10.00. The van der Waals surface area contributed by atoms with Crippen LogP contribution >= 0.6 is 48.0 Å². The standard InChI is InChI=1S/C46H36N4O6S4/c1-2-55-56-50-44(54)41(60-46(50)58)18-10-12-33-21-25-37(26-22-33)49(35-15-7-4-8-16-35)39-29-27-38(28-30-39)48(34-13-5-3-6-14-34)36-23-19-32(20-24-36)11-9-17-40-43(53)47(31-42(51)52)45(57)59-40/h3-30H,2,31H2,1H3,(H,51,52)/b11-9+,12-10+,40-17-,41-18-. The van der Waals surface area contributed by atoms with Crippen LogP contribution in [0.1, 0.15) is 18.1 Å². The first kappa shape index (κ1) is 42.0. The Hall–Kier alpha value is -6.13. The predicted octanol–water partition coefficient (Wildman–Crippen LogP) is 11.1. The van der Waals surface area contributed by atoms with E-state index >= 15 is 0 Å². The van der Waals surface area contributed by atoms with Gasteiger partial charge in [0, 0.05) is 34.1 Å². The number of para-hydroxylation sites is 2. The highest BCUT2D eigenvalue weighted by Crippen LogP contribution is 2.39. The van der Waals surface area contributed by atoms with Crippen LogP contribution in [0.25, 0.3) is 12.2 Å². The second-order valence-corrected chi connectivity index (χ2v) is 16.3. The van der Waals surface area contributed by atoms with Crippen LogP contribution in [-0.4, -0.2) is 54.6 Å².